The average Bonchev–Trinajstić information content (AvgIpc) is 3.35. The van der Waals surface area contributed by atoms with Gasteiger partial charge in [-0.15, -0.1) is 0 Å². The predicted molar refractivity (Wildman–Crippen MR) is 123 cm³/mol. The molecule has 0 bridgehead atoms. The fourth-order valence-corrected chi connectivity index (χ4v) is 3.75. The number of benzene rings is 2. The number of aromatic amines is 1. The van der Waals surface area contributed by atoms with Gasteiger partial charge in [0.05, 0.1) is 18.7 Å². The van der Waals surface area contributed by atoms with E-state index >= 15 is 0 Å². The summed E-state index contributed by atoms with van der Waals surface area (Å²) in [6.07, 6.45) is 0. The Bertz CT molecular complexity index is 1380. The third kappa shape index (κ3) is 4.29. The van der Waals surface area contributed by atoms with E-state index in [0.717, 1.165) is 10.9 Å². The highest BCUT2D eigenvalue weighted by Gasteiger charge is 2.23. The maximum absolute atomic E-state index is 14.6. The first-order chi connectivity index (χ1) is 16.3. The second-order valence-electron chi connectivity index (χ2n) is 7.80. The standard InChI is InChI=1S/C24H24FN5O4/c1-13-22(31)21(29-28-13)24(33)26-12-18(16-6-4-5-7-17(16)25)27-23(32)20-10-14-8-9-15(34-3)11-19(14)30(20)2/h4-11,18,31H,12H2,1-3H3,(H,26,33)(H,27,32)(H,28,29). The van der Waals surface area contributed by atoms with E-state index in [9.17, 15) is 19.1 Å². The molecule has 2 aromatic heterocycles. The number of hydrogen-bond acceptors (Lipinski definition) is 5. The minimum absolute atomic E-state index is 0.112. The van der Waals surface area contributed by atoms with Crippen LogP contribution in [-0.2, 0) is 7.05 Å². The van der Waals surface area contributed by atoms with E-state index in [2.05, 4.69) is 20.8 Å². The van der Waals surface area contributed by atoms with Gasteiger partial charge in [0.2, 0.25) is 0 Å². The summed E-state index contributed by atoms with van der Waals surface area (Å²) in [5, 5.41) is 22.5. The zero-order chi connectivity index (χ0) is 24.4. The lowest BCUT2D eigenvalue weighted by Crippen LogP contribution is -2.39. The maximum Gasteiger partial charge on any atom is 0.273 e. The van der Waals surface area contributed by atoms with Crippen molar-refractivity contribution in [2.75, 3.05) is 13.7 Å². The number of nitrogens with one attached hydrogen (secondary N) is 3. The van der Waals surface area contributed by atoms with Crippen molar-refractivity contribution in [3.63, 3.8) is 0 Å². The molecular weight excluding hydrogens is 441 g/mol. The third-order valence-corrected chi connectivity index (χ3v) is 5.68. The second kappa shape index (κ2) is 9.26. The van der Waals surface area contributed by atoms with Crippen molar-refractivity contribution in [1.82, 2.24) is 25.4 Å². The number of rotatable bonds is 7. The number of ether oxygens (including phenoxy) is 1. The van der Waals surface area contributed by atoms with Crippen LogP contribution in [-0.4, -0.2) is 45.3 Å². The van der Waals surface area contributed by atoms with E-state index in [1.807, 2.05) is 12.1 Å². The molecular formula is C24H24FN5O4. The van der Waals surface area contributed by atoms with Crippen LogP contribution in [0.5, 0.6) is 11.5 Å². The molecule has 0 saturated heterocycles. The molecule has 0 saturated carbocycles. The maximum atomic E-state index is 14.6. The van der Waals surface area contributed by atoms with Crippen molar-refractivity contribution in [1.29, 1.82) is 0 Å². The molecule has 0 fully saturated rings. The van der Waals surface area contributed by atoms with Crippen molar-refractivity contribution >= 4 is 22.7 Å². The Labute approximate surface area is 194 Å². The highest BCUT2D eigenvalue weighted by molar-refractivity contribution is 5.99. The van der Waals surface area contributed by atoms with Crippen LogP contribution >= 0.6 is 0 Å². The summed E-state index contributed by atoms with van der Waals surface area (Å²) in [4.78, 5) is 25.7. The van der Waals surface area contributed by atoms with E-state index in [-0.39, 0.29) is 29.2 Å². The number of methoxy groups -OCH3 is 1. The van der Waals surface area contributed by atoms with Crippen LogP contribution in [0.3, 0.4) is 0 Å². The van der Waals surface area contributed by atoms with Gasteiger partial charge in [-0.2, -0.15) is 5.10 Å². The smallest absolute Gasteiger partial charge is 0.273 e. The first-order valence-electron chi connectivity index (χ1n) is 10.5. The molecule has 2 heterocycles. The van der Waals surface area contributed by atoms with Gasteiger partial charge in [0.25, 0.3) is 11.8 Å². The predicted octanol–water partition coefficient (Wildman–Crippen LogP) is 2.96. The zero-order valence-electron chi connectivity index (χ0n) is 18.8. The lowest BCUT2D eigenvalue weighted by Gasteiger charge is -2.20. The molecule has 10 heteroatoms. The van der Waals surface area contributed by atoms with Gasteiger partial charge >= 0.3 is 0 Å². The Morgan fingerprint density at radius 1 is 1.21 bits per heavy atom. The molecule has 0 aliphatic carbocycles. The van der Waals surface area contributed by atoms with Crippen molar-refractivity contribution in [3.05, 3.63) is 77.0 Å². The number of amides is 2. The lowest BCUT2D eigenvalue weighted by atomic mass is 10.1. The van der Waals surface area contributed by atoms with Gasteiger partial charge in [0.15, 0.2) is 11.4 Å². The number of halogens is 1. The van der Waals surface area contributed by atoms with Crippen LogP contribution in [0.2, 0.25) is 0 Å². The van der Waals surface area contributed by atoms with Crippen molar-refractivity contribution in [2.24, 2.45) is 7.05 Å². The molecule has 4 N–H and O–H groups in total. The van der Waals surface area contributed by atoms with Gasteiger partial charge in [-0.25, -0.2) is 4.39 Å². The highest BCUT2D eigenvalue weighted by atomic mass is 19.1. The number of hydrogen-bond donors (Lipinski definition) is 4. The van der Waals surface area contributed by atoms with Crippen LogP contribution in [0.1, 0.15) is 38.3 Å². The average molecular weight is 465 g/mol. The third-order valence-electron chi connectivity index (χ3n) is 5.68. The number of fused-ring (bicyclic) bond motifs is 1. The molecule has 0 spiro atoms. The van der Waals surface area contributed by atoms with Crippen LogP contribution in [0.4, 0.5) is 4.39 Å². The van der Waals surface area contributed by atoms with Gasteiger partial charge < -0.3 is 25.0 Å². The summed E-state index contributed by atoms with van der Waals surface area (Å²) in [5.74, 6) is -1.21. The SMILES string of the molecule is COc1ccc2cc(C(=O)NC(CNC(=O)c3[nH]nc(C)c3O)c3ccccc3F)n(C)c2c1. The Hall–Kier alpha value is -4.34. The minimum atomic E-state index is -0.878. The van der Waals surface area contributed by atoms with Crippen molar-refractivity contribution < 1.29 is 23.8 Å². The summed E-state index contributed by atoms with van der Waals surface area (Å²) in [7, 11) is 3.31. The van der Waals surface area contributed by atoms with Crippen LogP contribution in [0, 0.1) is 12.7 Å². The van der Waals surface area contributed by atoms with Gasteiger partial charge in [-0.3, -0.25) is 14.7 Å². The molecule has 2 amide bonds. The normalized spacial score (nSPS) is 11.9. The van der Waals surface area contributed by atoms with E-state index < -0.39 is 23.7 Å². The quantitative estimate of drug-likeness (QED) is 0.334. The number of aryl methyl sites for hydroxylation is 2. The summed E-state index contributed by atoms with van der Waals surface area (Å²) in [5.41, 5.74) is 1.53. The Balaban J connectivity index is 1.60. The number of aromatic hydroxyl groups is 1. The van der Waals surface area contributed by atoms with Crippen LogP contribution in [0.15, 0.2) is 48.5 Å². The summed E-state index contributed by atoms with van der Waals surface area (Å²) >= 11 is 0. The van der Waals surface area contributed by atoms with E-state index in [0.29, 0.717) is 11.4 Å². The first kappa shape index (κ1) is 22.8. The topological polar surface area (TPSA) is 121 Å². The Kier molecular flexibility index (Phi) is 6.22. The van der Waals surface area contributed by atoms with Gasteiger partial charge in [-0.1, -0.05) is 18.2 Å². The minimum Gasteiger partial charge on any atom is -0.504 e. The molecule has 2 aromatic carbocycles. The monoisotopic (exact) mass is 465 g/mol. The molecule has 4 rings (SSSR count). The molecule has 4 aromatic rings. The Morgan fingerprint density at radius 2 is 1.97 bits per heavy atom. The zero-order valence-corrected chi connectivity index (χ0v) is 18.8. The Morgan fingerprint density at radius 3 is 2.65 bits per heavy atom. The lowest BCUT2D eigenvalue weighted by molar-refractivity contribution is 0.0899. The fourth-order valence-electron chi connectivity index (χ4n) is 3.75. The van der Waals surface area contributed by atoms with E-state index in [1.165, 1.54) is 12.1 Å². The first-order valence-corrected chi connectivity index (χ1v) is 10.5. The molecule has 0 aliphatic rings. The molecule has 0 radical (unpaired) electrons. The van der Waals surface area contributed by atoms with E-state index in [1.54, 1.807) is 49.9 Å². The molecule has 176 valence electrons. The molecule has 1 unspecified atom stereocenters. The van der Waals surface area contributed by atoms with Gasteiger partial charge in [-0.05, 0) is 31.2 Å². The molecule has 9 nitrogen and oxygen atoms in total. The van der Waals surface area contributed by atoms with Gasteiger partial charge in [0, 0.05) is 30.6 Å². The molecule has 1 atom stereocenters. The summed E-state index contributed by atoms with van der Waals surface area (Å²) in [6.45, 7) is 1.42. The van der Waals surface area contributed by atoms with Crippen molar-refractivity contribution in [2.45, 2.75) is 13.0 Å². The number of H-pyrrole nitrogens is 1. The second-order valence-corrected chi connectivity index (χ2v) is 7.80. The molecule has 34 heavy (non-hydrogen) atoms. The highest BCUT2D eigenvalue weighted by Crippen LogP contribution is 2.25. The number of carbonyl (C=O) groups is 2. The van der Waals surface area contributed by atoms with Gasteiger partial charge in [0.1, 0.15) is 23.0 Å². The van der Waals surface area contributed by atoms with Crippen molar-refractivity contribution in [3.8, 4) is 11.5 Å². The van der Waals surface area contributed by atoms with E-state index in [4.69, 9.17) is 4.74 Å². The number of carbonyl (C=O) groups excluding carboxylic acids is 2. The number of nitrogens with zero attached hydrogens (tertiary/aromatic N) is 2. The summed E-state index contributed by atoms with van der Waals surface area (Å²) < 4.78 is 21.6. The fraction of sp³-hybridized carbons (Fsp3) is 0.208. The summed E-state index contributed by atoms with van der Waals surface area (Å²) in [6, 6.07) is 12.3. The van der Waals surface area contributed by atoms with Crippen LogP contribution < -0.4 is 15.4 Å². The largest absolute Gasteiger partial charge is 0.504 e. The molecule has 0 aliphatic heterocycles. The number of aromatic nitrogens is 3. The van der Waals surface area contributed by atoms with Crippen LogP contribution in [0.25, 0.3) is 10.9 Å².